The van der Waals surface area contributed by atoms with Crippen LogP contribution in [0.15, 0.2) is 42.5 Å². The molecule has 0 amide bonds. The molecule has 2 aromatic carbocycles. The molecule has 5 nitrogen and oxygen atoms in total. The Hall–Kier alpha value is -2.69. The van der Waals surface area contributed by atoms with Crippen LogP contribution < -0.4 is 15.8 Å². The van der Waals surface area contributed by atoms with Crippen LogP contribution in [0.2, 0.25) is 0 Å². The van der Waals surface area contributed by atoms with Crippen LogP contribution in [0, 0.1) is 0 Å². The van der Waals surface area contributed by atoms with Crippen molar-refractivity contribution in [2.24, 2.45) is 0 Å². The van der Waals surface area contributed by atoms with Crippen LogP contribution in [0.4, 0.5) is 17.1 Å². The minimum atomic E-state index is -1.01. The van der Waals surface area contributed by atoms with Crippen LogP contribution >= 0.6 is 0 Å². The van der Waals surface area contributed by atoms with E-state index in [4.69, 9.17) is 15.6 Å². The van der Waals surface area contributed by atoms with Gasteiger partial charge in [-0.25, -0.2) is 4.79 Å². The Morgan fingerprint density at radius 3 is 2.80 bits per heavy atom. The summed E-state index contributed by atoms with van der Waals surface area (Å²) in [7, 11) is 0. The number of carboxylic acids is 1. The van der Waals surface area contributed by atoms with E-state index < -0.39 is 5.97 Å². The number of nitrogen functional groups attached to an aromatic ring is 1. The van der Waals surface area contributed by atoms with Crippen molar-refractivity contribution in [1.29, 1.82) is 0 Å². The molecular formula is C15H16N2O3. The van der Waals surface area contributed by atoms with Crippen LogP contribution in [-0.4, -0.2) is 17.7 Å². The van der Waals surface area contributed by atoms with E-state index in [1.54, 1.807) is 18.2 Å². The molecule has 0 bridgehead atoms. The van der Waals surface area contributed by atoms with E-state index in [1.807, 2.05) is 25.1 Å². The van der Waals surface area contributed by atoms with E-state index in [-0.39, 0.29) is 5.56 Å². The fourth-order valence-electron chi connectivity index (χ4n) is 1.84. The smallest absolute Gasteiger partial charge is 0.337 e. The number of carbonyl (C=O) groups is 1. The Labute approximate surface area is 117 Å². The summed E-state index contributed by atoms with van der Waals surface area (Å²) in [6.45, 7) is 2.47. The number of benzene rings is 2. The molecule has 20 heavy (non-hydrogen) atoms. The van der Waals surface area contributed by atoms with E-state index in [9.17, 15) is 4.79 Å². The molecule has 0 aliphatic rings. The van der Waals surface area contributed by atoms with Gasteiger partial charge in [-0.1, -0.05) is 6.07 Å². The molecule has 4 N–H and O–H groups in total. The van der Waals surface area contributed by atoms with Crippen molar-refractivity contribution in [2.45, 2.75) is 6.92 Å². The van der Waals surface area contributed by atoms with Crippen molar-refractivity contribution < 1.29 is 14.6 Å². The molecule has 0 fully saturated rings. The average molecular weight is 272 g/mol. The number of hydrogen-bond acceptors (Lipinski definition) is 4. The lowest BCUT2D eigenvalue weighted by molar-refractivity contribution is 0.0698. The molecule has 0 unspecified atom stereocenters. The molecule has 2 rings (SSSR count). The van der Waals surface area contributed by atoms with Crippen molar-refractivity contribution in [3.63, 3.8) is 0 Å². The van der Waals surface area contributed by atoms with Gasteiger partial charge in [0.15, 0.2) is 0 Å². The maximum Gasteiger partial charge on any atom is 0.337 e. The summed E-state index contributed by atoms with van der Waals surface area (Å²) in [5, 5.41) is 12.2. The van der Waals surface area contributed by atoms with Gasteiger partial charge in [0.25, 0.3) is 0 Å². The molecule has 0 heterocycles. The van der Waals surface area contributed by atoms with Gasteiger partial charge in [-0.15, -0.1) is 0 Å². The zero-order valence-electron chi connectivity index (χ0n) is 11.1. The summed E-state index contributed by atoms with van der Waals surface area (Å²) in [4.78, 5) is 11.2. The summed E-state index contributed by atoms with van der Waals surface area (Å²) >= 11 is 0. The molecule has 0 radical (unpaired) electrons. The zero-order chi connectivity index (χ0) is 14.5. The van der Waals surface area contributed by atoms with E-state index in [1.165, 1.54) is 6.07 Å². The van der Waals surface area contributed by atoms with E-state index in [0.29, 0.717) is 18.0 Å². The van der Waals surface area contributed by atoms with Crippen molar-refractivity contribution >= 4 is 23.0 Å². The van der Waals surface area contributed by atoms with Gasteiger partial charge in [0.05, 0.1) is 17.9 Å². The lowest BCUT2D eigenvalue weighted by atomic mass is 10.1. The maximum atomic E-state index is 11.2. The number of aromatic carboxylic acids is 1. The molecule has 104 valence electrons. The molecule has 2 aromatic rings. The third-order valence-corrected chi connectivity index (χ3v) is 2.70. The Kier molecular flexibility index (Phi) is 4.10. The SMILES string of the molecule is CCOc1cccc(Nc2cc(N)ccc2C(=O)O)c1. The Balaban J connectivity index is 2.31. The van der Waals surface area contributed by atoms with Gasteiger partial charge in [0.2, 0.25) is 0 Å². The van der Waals surface area contributed by atoms with Gasteiger partial charge >= 0.3 is 5.97 Å². The number of anilines is 3. The molecule has 0 saturated heterocycles. The highest BCUT2D eigenvalue weighted by molar-refractivity contribution is 5.96. The van der Waals surface area contributed by atoms with Crippen molar-refractivity contribution in [2.75, 3.05) is 17.7 Å². The molecule has 5 heteroatoms. The standard InChI is InChI=1S/C15H16N2O3/c1-2-20-12-5-3-4-11(9-12)17-14-8-10(16)6-7-13(14)15(18)19/h3-9,17H,2,16H2,1H3,(H,18,19). The second kappa shape index (κ2) is 5.97. The molecule has 0 aromatic heterocycles. The highest BCUT2D eigenvalue weighted by Gasteiger charge is 2.10. The van der Waals surface area contributed by atoms with Crippen LogP contribution in [0.5, 0.6) is 5.75 Å². The Bertz CT molecular complexity index is 626. The zero-order valence-corrected chi connectivity index (χ0v) is 11.1. The fraction of sp³-hybridized carbons (Fsp3) is 0.133. The summed E-state index contributed by atoms with van der Waals surface area (Å²) in [6, 6.07) is 11.9. The average Bonchev–Trinajstić information content (AvgIpc) is 2.39. The highest BCUT2D eigenvalue weighted by atomic mass is 16.5. The fourth-order valence-corrected chi connectivity index (χ4v) is 1.84. The van der Waals surface area contributed by atoms with Gasteiger partial charge in [0.1, 0.15) is 5.75 Å². The number of hydrogen-bond donors (Lipinski definition) is 3. The van der Waals surface area contributed by atoms with Gasteiger partial charge in [-0.3, -0.25) is 0 Å². The van der Waals surface area contributed by atoms with Gasteiger partial charge in [-0.05, 0) is 37.3 Å². The van der Waals surface area contributed by atoms with E-state index >= 15 is 0 Å². The monoisotopic (exact) mass is 272 g/mol. The minimum absolute atomic E-state index is 0.168. The predicted molar refractivity (Wildman–Crippen MR) is 78.7 cm³/mol. The highest BCUT2D eigenvalue weighted by Crippen LogP contribution is 2.26. The first-order valence-electron chi connectivity index (χ1n) is 6.23. The van der Waals surface area contributed by atoms with Crippen LogP contribution in [0.3, 0.4) is 0 Å². The third kappa shape index (κ3) is 3.20. The summed E-state index contributed by atoms with van der Waals surface area (Å²) < 4.78 is 5.40. The van der Waals surface area contributed by atoms with Crippen molar-refractivity contribution in [1.82, 2.24) is 0 Å². The second-order valence-electron chi connectivity index (χ2n) is 4.20. The largest absolute Gasteiger partial charge is 0.494 e. The third-order valence-electron chi connectivity index (χ3n) is 2.70. The lowest BCUT2D eigenvalue weighted by Crippen LogP contribution is -2.03. The quantitative estimate of drug-likeness (QED) is 0.728. The topological polar surface area (TPSA) is 84.6 Å². The Morgan fingerprint density at radius 1 is 1.30 bits per heavy atom. The van der Waals surface area contributed by atoms with Crippen molar-refractivity contribution in [3.05, 3.63) is 48.0 Å². The van der Waals surface area contributed by atoms with Crippen LogP contribution in [-0.2, 0) is 0 Å². The van der Waals surface area contributed by atoms with E-state index in [0.717, 1.165) is 11.4 Å². The molecule has 0 spiro atoms. The number of nitrogens with one attached hydrogen (secondary N) is 1. The first kappa shape index (κ1) is 13.7. The predicted octanol–water partition coefficient (Wildman–Crippen LogP) is 3.11. The number of rotatable bonds is 5. The minimum Gasteiger partial charge on any atom is -0.494 e. The number of ether oxygens (including phenoxy) is 1. The summed E-state index contributed by atoms with van der Waals surface area (Å²) in [5.41, 5.74) is 7.56. The van der Waals surface area contributed by atoms with E-state index in [2.05, 4.69) is 5.32 Å². The van der Waals surface area contributed by atoms with Gasteiger partial charge in [-0.2, -0.15) is 0 Å². The normalized spacial score (nSPS) is 10.1. The summed E-state index contributed by atoms with van der Waals surface area (Å²) in [5.74, 6) is -0.285. The Morgan fingerprint density at radius 2 is 2.10 bits per heavy atom. The van der Waals surface area contributed by atoms with Gasteiger partial charge < -0.3 is 20.9 Å². The molecule has 0 saturated carbocycles. The maximum absolute atomic E-state index is 11.2. The molecule has 0 atom stereocenters. The lowest BCUT2D eigenvalue weighted by Gasteiger charge is -2.11. The first-order chi connectivity index (χ1) is 9.60. The number of carboxylic acid groups (broad SMARTS) is 1. The second-order valence-corrected chi connectivity index (χ2v) is 4.20. The van der Waals surface area contributed by atoms with Gasteiger partial charge in [0, 0.05) is 17.4 Å². The summed E-state index contributed by atoms with van der Waals surface area (Å²) in [6.07, 6.45) is 0. The van der Waals surface area contributed by atoms with Crippen LogP contribution in [0.25, 0.3) is 0 Å². The molecular weight excluding hydrogens is 256 g/mol. The van der Waals surface area contributed by atoms with Crippen molar-refractivity contribution in [3.8, 4) is 5.75 Å². The number of nitrogens with two attached hydrogens (primary N) is 1. The van der Waals surface area contributed by atoms with Crippen LogP contribution in [0.1, 0.15) is 17.3 Å². The molecule has 0 aliphatic carbocycles. The first-order valence-corrected chi connectivity index (χ1v) is 6.23. The molecule has 0 aliphatic heterocycles.